The van der Waals surface area contributed by atoms with Gasteiger partial charge in [0, 0.05) is 29.4 Å². The van der Waals surface area contributed by atoms with Crippen LogP contribution in [0.4, 0.5) is 0 Å². The van der Waals surface area contributed by atoms with Crippen LogP contribution in [0.15, 0.2) is 59.4 Å². The Bertz CT molecular complexity index is 1100. The van der Waals surface area contributed by atoms with Gasteiger partial charge >= 0.3 is 0 Å². The second-order valence-corrected chi connectivity index (χ2v) is 7.97. The Morgan fingerprint density at radius 1 is 1.10 bits per heavy atom. The molecule has 1 saturated carbocycles. The molecule has 1 aromatic heterocycles. The van der Waals surface area contributed by atoms with E-state index in [1.165, 1.54) is 11.6 Å². The Hall–Kier alpha value is -2.92. The predicted octanol–water partition coefficient (Wildman–Crippen LogP) is 4.31. The van der Waals surface area contributed by atoms with Gasteiger partial charge in [0.1, 0.15) is 0 Å². The monoisotopic (exact) mass is 407 g/mol. The van der Waals surface area contributed by atoms with Crippen LogP contribution in [0.1, 0.15) is 40.2 Å². The maximum Gasteiger partial charge on any atom is 0.278 e. The molecule has 1 aliphatic carbocycles. The van der Waals surface area contributed by atoms with E-state index >= 15 is 0 Å². The number of benzene rings is 2. The lowest BCUT2D eigenvalue weighted by Crippen LogP contribution is -2.37. The Morgan fingerprint density at radius 2 is 1.76 bits per heavy atom. The van der Waals surface area contributed by atoms with E-state index in [0.717, 1.165) is 24.1 Å². The highest BCUT2D eigenvalue weighted by Crippen LogP contribution is 2.29. The van der Waals surface area contributed by atoms with Gasteiger partial charge in [0.25, 0.3) is 5.91 Å². The van der Waals surface area contributed by atoms with Crippen molar-refractivity contribution in [3.8, 4) is 5.69 Å². The van der Waals surface area contributed by atoms with Gasteiger partial charge in [0.2, 0.25) is 5.43 Å². The topological polar surface area (TPSA) is 55.2 Å². The van der Waals surface area contributed by atoms with Gasteiger partial charge in [0.15, 0.2) is 5.69 Å². The number of nitrogens with zero attached hydrogens (tertiary/aromatic N) is 3. The molecule has 0 aliphatic heterocycles. The van der Waals surface area contributed by atoms with Crippen molar-refractivity contribution in [1.82, 2.24) is 14.7 Å². The van der Waals surface area contributed by atoms with E-state index in [0.29, 0.717) is 17.3 Å². The fourth-order valence-corrected chi connectivity index (χ4v) is 3.44. The number of rotatable bonds is 5. The van der Waals surface area contributed by atoms with E-state index < -0.39 is 0 Å². The van der Waals surface area contributed by atoms with Crippen molar-refractivity contribution >= 4 is 17.5 Å². The van der Waals surface area contributed by atoms with Crippen LogP contribution < -0.4 is 5.43 Å². The molecule has 2 aromatic carbocycles. The van der Waals surface area contributed by atoms with Gasteiger partial charge in [-0.2, -0.15) is 5.10 Å². The molecule has 0 N–H and O–H groups in total. The van der Waals surface area contributed by atoms with E-state index in [2.05, 4.69) is 5.10 Å². The molecule has 4 rings (SSSR count). The molecular formula is C23H22ClN3O2. The largest absolute Gasteiger partial charge is 0.330 e. The highest BCUT2D eigenvalue weighted by atomic mass is 35.5. The molecule has 1 fully saturated rings. The van der Waals surface area contributed by atoms with Crippen molar-refractivity contribution in [3.63, 3.8) is 0 Å². The first-order valence-corrected chi connectivity index (χ1v) is 10.0. The first kappa shape index (κ1) is 19.4. The molecule has 6 heteroatoms. The third kappa shape index (κ3) is 4.25. The minimum atomic E-state index is -0.354. The molecule has 0 spiro atoms. The second kappa shape index (κ2) is 7.84. The van der Waals surface area contributed by atoms with Crippen LogP contribution in [0.5, 0.6) is 0 Å². The molecule has 0 bridgehead atoms. The van der Waals surface area contributed by atoms with E-state index in [-0.39, 0.29) is 23.1 Å². The van der Waals surface area contributed by atoms with Crippen molar-refractivity contribution < 1.29 is 4.79 Å². The zero-order valence-electron chi connectivity index (χ0n) is 16.4. The van der Waals surface area contributed by atoms with E-state index in [1.54, 1.807) is 28.6 Å². The SMILES string of the molecule is Cc1ccc(CN(C(=O)c2nn(-c3ccc(Cl)cc3)c(C)cc2=O)C2CC2)cc1. The number of hydrogen-bond donors (Lipinski definition) is 0. The zero-order chi connectivity index (χ0) is 20.5. The number of carbonyl (C=O) groups excluding carboxylic acids is 1. The van der Waals surface area contributed by atoms with Crippen LogP contribution in [0.3, 0.4) is 0 Å². The maximum atomic E-state index is 13.3. The van der Waals surface area contributed by atoms with Crippen molar-refractivity contribution in [2.24, 2.45) is 0 Å². The number of amides is 1. The lowest BCUT2D eigenvalue weighted by atomic mass is 10.1. The number of halogens is 1. The quantitative estimate of drug-likeness (QED) is 0.633. The summed E-state index contributed by atoms with van der Waals surface area (Å²) in [6, 6.07) is 16.9. The van der Waals surface area contributed by atoms with Crippen molar-refractivity contribution in [2.45, 2.75) is 39.3 Å². The number of carbonyl (C=O) groups is 1. The number of aryl methyl sites for hydroxylation is 2. The van der Waals surface area contributed by atoms with Crippen LogP contribution in [0.2, 0.25) is 5.02 Å². The molecule has 1 aliphatic rings. The third-order valence-corrected chi connectivity index (χ3v) is 5.36. The molecule has 0 unspecified atom stereocenters. The zero-order valence-corrected chi connectivity index (χ0v) is 17.2. The maximum absolute atomic E-state index is 13.3. The van der Waals surface area contributed by atoms with Crippen molar-refractivity contribution in [1.29, 1.82) is 0 Å². The number of aromatic nitrogens is 2. The van der Waals surface area contributed by atoms with Crippen LogP contribution >= 0.6 is 11.6 Å². The Morgan fingerprint density at radius 3 is 2.38 bits per heavy atom. The average Bonchev–Trinajstić information content (AvgIpc) is 3.53. The lowest BCUT2D eigenvalue weighted by Gasteiger charge is -2.22. The van der Waals surface area contributed by atoms with Gasteiger partial charge in [0.05, 0.1) is 5.69 Å². The summed E-state index contributed by atoms with van der Waals surface area (Å²) in [7, 11) is 0. The average molecular weight is 408 g/mol. The van der Waals surface area contributed by atoms with E-state index in [1.807, 2.05) is 43.3 Å². The summed E-state index contributed by atoms with van der Waals surface area (Å²) in [5.41, 5.74) is 3.21. The minimum absolute atomic E-state index is 0.0513. The summed E-state index contributed by atoms with van der Waals surface area (Å²) >= 11 is 5.98. The molecular weight excluding hydrogens is 386 g/mol. The molecule has 0 saturated heterocycles. The van der Waals surface area contributed by atoms with Gasteiger partial charge in [-0.25, -0.2) is 4.68 Å². The minimum Gasteiger partial charge on any atom is -0.330 e. The lowest BCUT2D eigenvalue weighted by molar-refractivity contribution is 0.0720. The summed E-state index contributed by atoms with van der Waals surface area (Å²) in [6.07, 6.45) is 1.91. The first-order valence-electron chi connectivity index (χ1n) is 9.66. The van der Waals surface area contributed by atoms with E-state index in [4.69, 9.17) is 11.6 Å². The Balaban J connectivity index is 1.69. The normalized spacial score (nSPS) is 13.3. The summed E-state index contributed by atoms with van der Waals surface area (Å²) < 4.78 is 1.61. The predicted molar refractivity (Wildman–Crippen MR) is 114 cm³/mol. The fraction of sp³-hybridized carbons (Fsp3) is 0.261. The van der Waals surface area contributed by atoms with Gasteiger partial charge in [-0.1, -0.05) is 41.4 Å². The molecule has 1 heterocycles. The molecule has 3 aromatic rings. The van der Waals surface area contributed by atoms with E-state index in [9.17, 15) is 9.59 Å². The van der Waals surface area contributed by atoms with Crippen LogP contribution in [0, 0.1) is 13.8 Å². The van der Waals surface area contributed by atoms with Crippen LogP contribution in [0.25, 0.3) is 5.69 Å². The highest BCUT2D eigenvalue weighted by Gasteiger charge is 2.35. The standard InChI is InChI=1S/C23H22ClN3O2/c1-15-3-5-17(6-4-15)14-26(19-11-12-19)23(29)22-21(28)13-16(2)27(25-22)20-9-7-18(24)8-10-20/h3-10,13,19H,11-12,14H2,1-2H3. The fourth-order valence-electron chi connectivity index (χ4n) is 3.32. The molecule has 148 valence electrons. The molecule has 0 atom stereocenters. The smallest absolute Gasteiger partial charge is 0.278 e. The number of hydrogen-bond acceptors (Lipinski definition) is 3. The molecule has 1 amide bonds. The van der Waals surface area contributed by atoms with Gasteiger partial charge in [-0.05, 0) is 56.5 Å². The second-order valence-electron chi connectivity index (χ2n) is 7.54. The van der Waals surface area contributed by atoms with Crippen molar-refractivity contribution in [3.05, 3.63) is 92.4 Å². The summed E-state index contributed by atoms with van der Waals surface area (Å²) in [6.45, 7) is 4.30. The summed E-state index contributed by atoms with van der Waals surface area (Å²) in [4.78, 5) is 27.7. The van der Waals surface area contributed by atoms with Gasteiger partial charge < -0.3 is 4.90 Å². The van der Waals surface area contributed by atoms with Gasteiger partial charge in [-0.15, -0.1) is 0 Å². The van der Waals surface area contributed by atoms with Crippen LogP contribution in [-0.2, 0) is 6.54 Å². The summed E-state index contributed by atoms with van der Waals surface area (Å²) in [5.74, 6) is -0.319. The third-order valence-electron chi connectivity index (χ3n) is 5.10. The summed E-state index contributed by atoms with van der Waals surface area (Å²) in [5, 5.41) is 5.04. The highest BCUT2D eigenvalue weighted by molar-refractivity contribution is 6.30. The molecule has 29 heavy (non-hydrogen) atoms. The van der Waals surface area contributed by atoms with Crippen LogP contribution in [-0.4, -0.2) is 26.6 Å². The van der Waals surface area contributed by atoms with Crippen molar-refractivity contribution in [2.75, 3.05) is 0 Å². The molecule has 5 nitrogen and oxygen atoms in total. The van der Waals surface area contributed by atoms with Gasteiger partial charge in [-0.3, -0.25) is 9.59 Å². The first-order chi connectivity index (χ1) is 13.9. The molecule has 0 radical (unpaired) electrons. The Kier molecular flexibility index (Phi) is 5.24. The Labute approximate surface area is 174 Å².